The number of benzene rings is 1. The van der Waals surface area contributed by atoms with Crippen LogP contribution < -0.4 is 5.32 Å². The van der Waals surface area contributed by atoms with E-state index in [1.165, 1.54) is 18.2 Å². The van der Waals surface area contributed by atoms with Gasteiger partial charge in [0.25, 0.3) is 0 Å². The van der Waals surface area contributed by atoms with Crippen LogP contribution in [-0.2, 0) is 4.79 Å². The number of carbonyl (C=O) groups is 2. The minimum atomic E-state index is -1.21. The summed E-state index contributed by atoms with van der Waals surface area (Å²) in [6, 6.07) is 3.86. The second-order valence-corrected chi connectivity index (χ2v) is 3.48. The number of amides is 1. The number of carboxylic acid groups (broad SMARTS) is 1. The summed E-state index contributed by atoms with van der Waals surface area (Å²) in [5.74, 6) is -1.79. The minimum Gasteiger partial charge on any atom is -0.507 e. The SMILES string of the molecule is O=C(CI)Nc1ccc(C(=O)O)c(O)c1. The molecule has 0 atom stereocenters. The van der Waals surface area contributed by atoms with Crippen LogP contribution in [0.5, 0.6) is 5.75 Å². The average Bonchev–Trinajstić information content (AvgIpc) is 2.17. The predicted molar refractivity (Wildman–Crippen MR) is 62.6 cm³/mol. The largest absolute Gasteiger partial charge is 0.507 e. The molecule has 0 fully saturated rings. The molecule has 80 valence electrons. The van der Waals surface area contributed by atoms with Crippen LogP contribution in [0.3, 0.4) is 0 Å². The quantitative estimate of drug-likeness (QED) is 0.581. The molecule has 0 radical (unpaired) electrons. The number of hydrogen-bond donors (Lipinski definition) is 3. The van der Waals surface area contributed by atoms with Crippen molar-refractivity contribution in [3.05, 3.63) is 23.8 Å². The first-order chi connectivity index (χ1) is 7.04. The maximum atomic E-state index is 11.0. The Morgan fingerprint density at radius 2 is 2.07 bits per heavy atom. The van der Waals surface area contributed by atoms with Gasteiger partial charge in [0.2, 0.25) is 5.91 Å². The predicted octanol–water partition coefficient (Wildman–Crippen LogP) is 1.46. The summed E-state index contributed by atoms with van der Waals surface area (Å²) in [7, 11) is 0. The number of rotatable bonds is 3. The Hall–Kier alpha value is -1.31. The molecule has 1 aromatic carbocycles. The van der Waals surface area contributed by atoms with Gasteiger partial charge in [-0.05, 0) is 12.1 Å². The van der Waals surface area contributed by atoms with Crippen molar-refractivity contribution in [2.24, 2.45) is 0 Å². The molecule has 0 aliphatic rings. The van der Waals surface area contributed by atoms with Crippen molar-refractivity contribution >= 4 is 40.2 Å². The van der Waals surface area contributed by atoms with Gasteiger partial charge in [0, 0.05) is 11.8 Å². The highest BCUT2D eigenvalue weighted by atomic mass is 127. The van der Waals surface area contributed by atoms with Gasteiger partial charge in [-0.3, -0.25) is 4.79 Å². The van der Waals surface area contributed by atoms with Gasteiger partial charge in [0.1, 0.15) is 11.3 Å². The summed E-state index contributed by atoms with van der Waals surface area (Å²) in [5, 5.41) is 20.4. The fraction of sp³-hybridized carbons (Fsp3) is 0.111. The third-order valence-corrected chi connectivity index (χ3v) is 2.33. The Labute approximate surface area is 99.2 Å². The number of nitrogens with one attached hydrogen (secondary N) is 1. The van der Waals surface area contributed by atoms with Crippen LogP contribution in [0.1, 0.15) is 10.4 Å². The van der Waals surface area contributed by atoms with E-state index in [1.807, 2.05) is 22.6 Å². The molecule has 0 aromatic heterocycles. The fourth-order valence-corrected chi connectivity index (χ4v) is 1.18. The first kappa shape index (κ1) is 11.8. The maximum absolute atomic E-state index is 11.0. The zero-order chi connectivity index (χ0) is 11.4. The summed E-state index contributed by atoms with van der Waals surface area (Å²) < 4.78 is 0.291. The van der Waals surface area contributed by atoms with E-state index in [4.69, 9.17) is 5.11 Å². The highest BCUT2D eigenvalue weighted by molar-refractivity contribution is 14.1. The van der Waals surface area contributed by atoms with Crippen molar-refractivity contribution in [3.63, 3.8) is 0 Å². The second-order valence-electron chi connectivity index (χ2n) is 2.72. The Morgan fingerprint density at radius 1 is 1.40 bits per heavy atom. The normalized spacial score (nSPS) is 9.67. The molecular formula is C9H8INO4. The van der Waals surface area contributed by atoms with Gasteiger partial charge >= 0.3 is 5.97 Å². The van der Waals surface area contributed by atoms with E-state index in [0.29, 0.717) is 10.1 Å². The monoisotopic (exact) mass is 321 g/mol. The third-order valence-electron chi connectivity index (χ3n) is 1.63. The number of alkyl halides is 1. The smallest absolute Gasteiger partial charge is 0.339 e. The summed E-state index contributed by atoms with van der Waals surface area (Å²) in [6.45, 7) is 0. The topological polar surface area (TPSA) is 86.6 Å². The zero-order valence-corrected chi connectivity index (χ0v) is 9.69. The van der Waals surface area contributed by atoms with Gasteiger partial charge in [0.05, 0.1) is 4.43 Å². The van der Waals surface area contributed by atoms with Crippen LogP contribution in [0.4, 0.5) is 5.69 Å². The van der Waals surface area contributed by atoms with E-state index in [-0.39, 0.29) is 17.2 Å². The average molecular weight is 321 g/mol. The number of anilines is 1. The van der Waals surface area contributed by atoms with Crippen molar-refractivity contribution in [2.75, 3.05) is 9.74 Å². The summed E-state index contributed by atoms with van der Waals surface area (Å²) in [4.78, 5) is 21.6. The van der Waals surface area contributed by atoms with Gasteiger partial charge in [-0.1, -0.05) is 22.6 Å². The number of hydrogen-bond acceptors (Lipinski definition) is 3. The Balaban J connectivity index is 2.91. The van der Waals surface area contributed by atoms with Crippen LogP contribution in [0.15, 0.2) is 18.2 Å². The van der Waals surface area contributed by atoms with E-state index in [9.17, 15) is 14.7 Å². The van der Waals surface area contributed by atoms with Crippen molar-refractivity contribution in [3.8, 4) is 5.75 Å². The molecule has 6 heteroatoms. The Morgan fingerprint density at radius 3 is 2.53 bits per heavy atom. The lowest BCUT2D eigenvalue weighted by Crippen LogP contribution is -2.12. The van der Waals surface area contributed by atoms with Gasteiger partial charge < -0.3 is 15.5 Å². The first-order valence-electron chi connectivity index (χ1n) is 3.96. The van der Waals surface area contributed by atoms with Gasteiger partial charge in [-0.2, -0.15) is 0 Å². The first-order valence-corrected chi connectivity index (χ1v) is 5.49. The lowest BCUT2D eigenvalue weighted by Gasteiger charge is -2.05. The minimum absolute atomic E-state index is 0.192. The number of carboxylic acids is 1. The Kier molecular flexibility index (Phi) is 3.89. The van der Waals surface area contributed by atoms with E-state index < -0.39 is 5.97 Å². The second kappa shape index (κ2) is 4.96. The van der Waals surface area contributed by atoms with Gasteiger partial charge in [-0.15, -0.1) is 0 Å². The van der Waals surface area contributed by atoms with Crippen molar-refractivity contribution in [2.45, 2.75) is 0 Å². The van der Waals surface area contributed by atoms with E-state index in [0.717, 1.165) is 0 Å². The number of phenols is 1. The number of aromatic hydroxyl groups is 1. The molecule has 0 saturated heterocycles. The molecule has 3 N–H and O–H groups in total. The van der Waals surface area contributed by atoms with Crippen molar-refractivity contribution < 1.29 is 19.8 Å². The van der Waals surface area contributed by atoms with Crippen LogP contribution in [0.2, 0.25) is 0 Å². The lowest BCUT2D eigenvalue weighted by molar-refractivity contribution is -0.113. The molecule has 0 saturated carbocycles. The molecule has 1 aromatic rings. The molecule has 0 aliphatic carbocycles. The van der Waals surface area contributed by atoms with Crippen molar-refractivity contribution in [1.29, 1.82) is 0 Å². The summed E-state index contributed by atoms with van der Waals surface area (Å²) in [5.41, 5.74) is 0.182. The number of halogens is 1. The van der Waals surface area contributed by atoms with Crippen molar-refractivity contribution in [1.82, 2.24) is 0 Å². The molecule has 0 spiro atoms. The highest BCUT2D eigenvalue weighted by Gasteiger charge is 2.10. The van der Waals surface area contributed by atoms with Crippen LogP contribution in [0.25, 0.3) is 0 Å². The molecule has 0 unspecified atom stereocenters. The molecule has 0 heterocycles. The molecule has 0 aliphatic heterocycles. The summed E-state index contributed by atoms with van der Waals surface area (Å²) >= 11 is 1.90. The van der Waals surface area contributed by atoms with E-state index in [1.54, 1.807) is 0 Å². The van der Waals surface area contributed by atoms with E-state index in [2.05, 4.69) is 5.32 Å². The number of carbonyl (C=O) groups excluding carboxylic acids is 1. The van der Waals surface area contributed by atoms with Crippen LogP contribution in [0, 0.1) is 0 Å². The Bertz CT molecular complexity index is 405. The molecule has 1 amide bonds. The molecule has 5 nitrogen and oxygen atoms in total. The molecule has 0 bridgehead atoms. The molecule has 1 rings (SSSR count). The van der Waals surface area contributed by atoms with Crippen LogP contribution in [-0.4, -0.2) is 26.5 Å². The molecular weight excluding hydrogens is 313 g/mol. The van der Waals surface area contributed by atoms with Crippen LogP contribution >= 0.6 is 22.6 Å². The third kappa shape index (κ3) is 3.08. The molecule has 15 heavy (non-hydrogen) atoms. The van der Waals surface area contributed by atoms with E-state index >= 15 is 0 Å². The fourth-order valence-electron chi connectivity index (χ4n) is 0.985. The van der Waals surface area contributed by atoms with Gasteiger partial charge in [-0.25, -0.2) is 4.79 Å². The standard InChI is InChI=1S/C9H8INO4/c10-4-8(13)11-5-1-2-6(9(14)15)7(12)3-5/h1-3,12H,4H2,(H,11,13)(H,14,15). The zero-order valence-electron chi connectivity index (χ0n) is 7.53. The summed E-state index contributed by atoms with van der Waals surface area (Å²) in [6.07, 6.45) is 0. The maximum Gasteiger partial charge on any atom is 0.339 e. The van der Waals surface area contributed by atoms with Gasteiger partial charge in [0.15, 0.2) is 0 Å². The lowest BCUT2D eigenvalue weighted by atomic mass is 10.2. The number of aromatic carboxylic acids is 1. The highest BCUT2D eigenvalue weighted by Crippen LogP contribution is 2.21.